The number of nitrogens with zero attached hydrogens (tertiary/aromatic N) is 3. The smallest absolute Gasteiger partial charge is 0.234 e. The fraction of sp³-hybridized carbons (Fsp3) is 0.636. The minimum Gasteiger partial charge on any atom is -0.477 e. The summed E-state index contributed by atoms with van der Waals surface area (Å²) in [5.41, 5.74) is 5.33. The first kappa shape index (κ1) is 13.7. The summed E-state index contributed by atoms with van der Waals surface area (Å²) in [6, 6.07) is 0. The Morgan fingerprint density at radius 3 is 2.88 bits per heavy atom. The van der Waals surface area contributed by atoms with Crippen molar-refractivity contribution in [3.8, 4) is 5.88 Å². The van der Waals surface area contributed by atoms with Crippen LogP contribution in [0.3, 0.4) is 0 Å². The van der Waals surface area contributed by atoms with Crippen molar-refractivity contribution in [2.45, 2.75) is 6.92 Å². The molecule has 0 amide bonds. The Morgan fingerprint density at radius 1 is 1.35 bits per heavy atom. The summed E-state index contributed by atoms with van der Waals surface area (Å²) in [6.45, 7) is 4.99. The summed E-state index contributed by atoms with van der Waals surface area (Å²) >= 11 is 0. The number of nitrogens with two attached hydrogens (primary N) is 1. The lowest BCUT2D eigenvalue weighted by molar-refractivity contribution is 0.148. The van der Waals surface area contributed by atoms with Crippen molar-refractivity contribution in [2.75, 3.05) is 44.9 Å². The highest BCUT2D eigenvalue weighted by Gasteiger charge is 2.04. The van der Waals surface area contributed by atoms with E-state index in [1.165, 1.54) is 0 Å². The first-order valence-electron chi connectivity index (χ1n) is 5.71. The van der Waals surface area contributed by atoms with Crippen LogP contribution in [0.15, 0.2) is 12.4 Å². The van der Waals surface area contributed by atoms with Crippen molar-refractivity contribution in [3.05, 3.63) is 12.4 Å². The van der Waals surface area contributed by atoms with Crippen molar-refractivity contribution in [1.82, 2.24) is 9.97 Å². The van der Waals surface area contributed by atoms with Gasteiger partial charge in [0.2, 0.25) is 5.88 Å². The summed E-state index contributed by atoms with van der Waals surface area (Å²) in [6.07, 6.45) is 3.30. The maximum atomic E-state index is 5.33. The summed E-state index contributed by atoms with van der Waals surface area (Å²) in [5.74, 6) is 1.31. The predicted octanol–water partition coefficient (Wildman–Crippen LogP) is 0.287. The Bertz CT molecular complexity index is 322. The van der Waals surface area contributed by atoms with Gasteiger partial charge in [0.25, 0.3) is 0 Å². The van der Waals surface area contributed by atoms with Gasteiger partial charge in [0.15, 0.2) is 5.82 Å². The van der Waals surface area contributed by atoms with E-state index in [9.17, 15) is 0 Å². The van der Waals surface area contributed by atoms with Gasteiger partial charge < -0.3 is 20.1 Å². The molecule has 6 heteroatoms. The topological polar surface area (TPSA) is 73.5 Å². The van der Waals surface area contributed by atoms with Gasteiger partial charge in [0.1, 0.15) is 0 Å². The largest absolute Gasteiger partial charge is 0.477 e. The number of hydrogen-bond acceptors (Lipinski definition) is 6. The Morgan fingerprint density at radius 2 is 2.18 bits per heavy atom. The van der Waals surface area contributed by atoms with E-state index in [1.807, 2.05) is 18.9 Å². The van der Waals surface area contributed by atoms with Crippen LogP contribution in [0.2, 0.25) is 0 Å². The van der Waals surface area contributed by atoms with Crippen LogP contribution in [0.25, 0.3) is 0 Å². The van der Waals surface area contributed by atoms with E-state index in [0.29, 0.717) is 32.2 Å². The molecule has 0 aliphatic carbocycles. The summed E-state index contributed by atoms with van der Waals surface area (Å²) in [5, 5.41) is 0. The minimum absolute atomic E-state index is 0.541. The van der Waals surface area contributed by atoms with E-state index in [1.54, 1.807) is 12.4 Å². The Kier molecular flexibility index (Phi) is 6.27. The third kappa shape index (κ3) is 4.97. The van der Waals surface area contributed by atoms with Crippen molar-refractivity contribution in [1.29, 1.82) is 0 Å². The van der Waals surface area contributed by atoms with Crippen LogP contribution in [0.5, 0.6) is 5.88 Å². The molecule has 0 unspecified atom stereocenters. The SMILES string of the molecule is CCOc1cncc(N(C)CCOCCN)n1. The highest BCUT2D eigenvalue weighted by Crippen LogP contribution is 2.12. The fourth-order valence-corrected chi connectivity index (χ4v) is 1.24. The number of aromatic nitrogens is 2. The highest BCUT2D eigenvalue weighted by molar-refractivity contribution is 5.36. The van der Waals surface area contributed by atoms with Crippen molar-refractivity contribution in [3.63, 3.8) is 0 Å². The normalized spacial score (nSPS) is 10.3. The minimum atomic E-state index is 0.541. The van der Waals surface area contributed by atoms with Crippen molar-refractivity contribution in [2.24, 2.45) is 5.73 Å². The molecule has 0 aliphatic rings. The second-order valence-electron chi connectivity index (χ2n) is 3.47. The quantitative estimate of drug-likeness (QED) is 0.658. The second-order valence-corrected chi connectivity index (χ2v) is 3.47. The van der Waals surface area contributed by atoms with Gasteiger partial charge in [-0.1, -0.05) is 0 Å². The Hall–Kier alpha value is -1.40. The molecule has 17 heavy (non-hydrogen) atoms. The molecule has 1 aromatic rings. The maximum absolute atomic E-state index is 5.33. The molecule has 2 N–H and O–H groups in total. The van der Waals surface area contributed by atoms with Gasteiger partial charge in [-0.25, -0.2) is 0 Å². The molecule has 1 rings (SSSR count). The third-order valence-electron chi connectivity index (χ3n) is 2.12. The monoisotopic (exact) mass is 240 g/mol. The standard InChI is InChI=1S/C11H20N4O2/c1-3-17-11-9-13-8-10(14-11)15(2)5-7-16-6-4-12/h8-9H,3-7,12H2,1-2H3. The van der Waals surface area contributed by atoms with Gasteiger partial charge >= 0.3 is 0 Å². The lowest BCUT2D eigenvalue weighted by Gasteiger charge is -2.18. The first-order chi connectivity index (χ1) is 8.27. The predicted molar refractivity (Wildman–Crippen MR) is 66.3 cm³/mol. The Balaban J connectivity index is 2.44. The summed E-state index contributed by atoms with van der Waals surface area (Å²) < 4.78 is 10.6. The van der Waals surface area contributed by atoms with Gasteiger partial charge in [0.05, 0.1) is 32.2 Å². The number of likely N-dealkylation sites (N-methyl/N-ethyl adjacent to an activating group) is 1. The molecule has 0 aliphatic heterocycles. The van der Waals surface area contributed by atoms with Gasteiger partial charge in [0, 0.05) is 20.1 Å². The van der Waals surface area contributed by atoms with E-state index in [4.69, 9.17) is 15.2 Å². The van der Waals surface area contributed by atoms with E-state index in [0.717, 1.165) is 12.4 Å². The number of rotatable bonds is 8. The lowest BCUT2D eigenvalue weighted by atomic mass is 10.5. The van der Waals surface area contributed by atoms with Crippen LogP contribution < -0.4 is 15.4 Å². The molecule has 0 radical (unpaired) electrons. The second kappa shape index (κ2) is 7.81. The molecule has 0 atom stereocenters. The molecule has 0 spiro atoms. The van der Waals surface area contributed by atoms with Crippen molar-refractivity contribution < 1.29 is 9.47 Å². The molecule has 6 nitrogen and oxygen atoms in total. The average molecular weight is 240 g/mol. The zero-order chi connectivity index (χ0) is 12.5. The van der Waals surface area contributed by atoms with E-state index in [2.05, 4.69) is 9.97 Å². The number of hydrogen-bond donors (Lipinski definition) is 1. The molecule has 0 aromatic carbocycles. The lowest BCUT2D eigenvalue weighted by Crippen LogP contribution is -2.24. The molecule has 0 saturated heterocycles. The molecule has 1 heterocycles. The molecular formula is C11H20N4O2. The van der Waals surface area contributed by atoms with Gasteiger partial charge in [-0.15, -0.1) is 0 Å². The molecule has 1 aromatic heterocycles. The van der Waals surface area contributed by atoms with Crippen LogP contribution >= 0.6 is 0 Å². The van der Waals surface area contributed by atoms with E-state index >= 15 is 0 Å². The summed E-state index contributed by atoms with van der Waals surface area (Å²) in [4.78, 5) is 10.4. The van der Waals surface area contributed by atoms with Crippen LogP contribution in [0, 0.1) is 0 Å². The average Bonchev–Trinajstić information content (AvgIpc) is 2.35. The van der Waals surface area contributed by atoms with Crippen LogP contribution in [-0.2, 0) is 4.74 Å². The summed E-state index contributed by atoms with van der Waals surface area (Å²) in [7, 11) is 1.94. The van der Waals surface area contributed by atoms with Gasteiger partial charge in [-0.2, -0.15) is 4.98 Å². The fourth-order valence-electron chi connectivity index (χ4n) is 1.24. The number of anilines is 1. The maximum Gasteiger partial charge on any atom is 0.234 e. The highest BCUT2D eigenvalue weighted by atomic mass is 16.5. The van der Waals surface area contributed by atoms with Crippen LogP contribution in [0.4, 0.5) is 5.82 Å². The van der Waals surface area contributed by atoms with E-state index < -0.39 is 0 Å². The third-order valence-corrected chi connectivity index (χ3v) is 2.12. The zero-order valence-corrected chi connectivity index (χ0v) is 10.4. The molecule has 0 bridgehead atoms. The van der Waals surface area contributed by atoms with Crippen LogP contribution in [-0.4, -0.2) is 49.9 Å². The molecule has 0 fully saturated rings. The van der Waals surface area contributed by atoms with Crippen molar-refractivity contribution >= 4 is 5.82 Å². The van der Waals surface area contributed by atoms with Crippen LogP contribution in [0.1, 0.15) is 6.92 Å². The Labute approximate surface area is 102 Å². The molecular weight excluding hydrogens is 220 g/mol. The molecule has 96 valence electrons. The zero-order valence-electron chi connectivity index (χ0n) is 10.4. The first-order valence-corrected chi connectivity index (χ1v) is 5.71. The number of ether oxygens (including phenoxy) is 2. The van der Waals surface area contributed by atoms with Gasteiger partial charge in [-0.05, 0) is 6.92 Å². The van der Waals surface area contributed by atoms with E-state index in [-0.39, 0.29) is 0 Å². The van der Waals surface area contributed by atoms with Gasteiger partial charge in [-0.3, -0.25) is 4.98 Å². The molecule has 0 saturated carbocycles.